The van der Waals surface area contributed by atoms with Gasteiger partial charge in [-0.1, -0.05) is 29.3 Å². The first-order valence-corrected chi connectivity index (χ1v) is 8.74. The number of benzene rings is 1. The number of primary amides is 1. The van der Waals surface area contributed by atoms with Crippen molar-refractivity contribution < 1.29 is 4.79 Å². The second-order valence-corrected chi connectivity index (χ2v) is 7.67. The molecule has 4 nitrogen and oxygen atoms in total. The van der Waals surface area contributed by atoms with Crippen LogP contribution < -0.4 is 16.4 Å². The molecule has 0 spiro atoms. The molecular weight excluding hydrogens is 333 g/mol. The number of halogens is 2. The minimum atomic E-state index is -0.707. The average Bonchev–Trinajstić information content (AvgIpc) is 2.50. The number of nitrogens with two attached hydrogens (primary N) is 1. The summed E-state index contributed by atoms with van der Waals surface area (Å²) in [6.45, 7) is 6.24. The molecule has 0 unspecified atom stereocenters. The van der Waals surface area contributed by atoms with Crippen molar-refractivity contribution in [1.29, 1.82) is 0 Å². The van der Waals surface area contributed by atoms with E-state index < -0.39 is 5.54 Å². The van der Waals surface area contributed by atoms with E-state index in [0.717, 1.165) is 32.4 Å². The van der Waals surface area contributed by atoms with Crippen molar-refractivity contribution in [3.05, 3.63) is 33.8 Å². The number of hydrogen-bond acceptors (Lipinski definition) is 3. The van der Waals surface area contributed by atoms with Gasteiger partial charge in [-0.25, -0.2) is 0 Å². The highest BCUT2D eigenvalue weighted by Gasteiger charge is 2.35. The highest BCUT2D eigenvalue weighted by molar-refractivity contribution is 6.42. The largest absolute Gasteiger partial charge is 0.368 e. The van der Waals surface area contributed by atoms with Crippen LogP contribution in [0.25, 0.3) is 0 Å². The zero-order valence-electron chi connectivity index (χ0n) is 13.7. The highest BCUT2D eigenvalue weighted by Crippen LogP contribution is 2.37. The third kappa shape index (κ3) is 4.38. The molecule has 1 aromatic carbocycles. The molecule has 1 aromatic rings. The first-order chi connectivity index (χ1) is 10.8. The van der Waals surface area contributed by atoms with Crippen molar-refractivity contribution in [3.63, 3.8) is 0 Å². The molecule has 0 aliphatic carbocycles. The molecule has 6 heteroatoms. The average molecular weight is 358 g/mol. The lowest BCUT2D eigenvalue weighted by Crippen LogP contribution is -2.52. The van der Waals surface area contributed by atoms with Crippen molar-refractivity contribution in [2.75, 3.05) is 19.6 Å². The summed E-state index contributed by atoms with van der Waals surface area (Å²) in [5.41, 5.74) is 5.90. The van der Waals surface area contributed by atoms with Gasteiger partial charge in [-0.15, -0.1) is 0 Å². The summed E-state index contributed by atoms with van der Waals surface area (Å²) in [6, 6.07) is 5.88. The maximum atomic E-state index is 11.5. The smallest absolute Gasteiger partial charge is 0.237 e. The van der Waals surface area contributed by atoms with E-state index in [1.807, 2.05) is 12.1 Å². The molecule has 1 heterocycles. The van der Waals surface area contributed by atoms with Gasteiger partial charge in [-0.05, 0) is 63.9 Å². The van der Waals surface area contributed by atoms with Gasteiger partial charge in [0.15, 0.2) is 0 Å². The minimum Gasteiger partial charge on any atom is -0.368 e. The zero-order valence-corrected chi connectivity index (χ0v) is 15.2. The molecule has 0 bridgehead atoms. The molecule has 1 amide bonds. The quantitative estimate of drug-likeness (QED) is 0.733. The van der Waals surface area contributed by atoms with Crippen molar-refractivity contribution in [2.45, 2.75) is 44.1 Å². The molecule has 23 heavy (non-hydrogen) atoms. The molecule has 2 rings (SSSR count). The zero-order chi connectivity index (χ0) is 17.1. The summed E-state index contributed by atoms with van der Waals surface area (Å²) in [5, 5.41) is 7.90. The first-order valence-electron chi connectivity index (χ1n) is 7.98. The van der Waals surface area contributed by atoms with E-state index in [2.05, 4.69) is 16.7 Å². The molecule has 1 saturated heterocycles. The van der Waals surface area contributed by atoms with Gasteiger partial charge in [0.1, 0.15) is 0 Å². The Morgan fingerprint density at radius 1 is 1.39 bits per heavy atom. The number of amides is 1. The fourth-order valence-electron chi connectivity index (χ4n) is 3.10. The standard InChI is InChI=1S/C17H25Cl2N3O/c1-16(2,15(20)23)22-9-7-17(6-3-8-21-11-17)12-4-5-13(18)14(19)10-12/h4-5,10,21-22H,3,6-9,11H2,1-2H3,(H2,20,23)/t17-/m1/s1. The normalized spacial score (nSPS) is 22.1. The topological polar surface area (TPSA) is 67.2 Å². The van der Waals surface area contributed by atoms with Crippen LogP contribution in [0.2, 0.25) is 10.0 Å². The van der Waals surface area contributed by atoms with Crippen molar-refractivity contribution >= 4 is 29.1 Å². The monoisotopic (exact) mass is 357 g/mol. The van der Waals surface area contributed by atoms with Crippen LogP contribution in [-0.2, 0) is 10.2 Å². The van der Waals surface area contributed by atoms with Crippen LogP contribution in [0.4, 0.5) is 0 Å². The highest BCUT2D eigenvalue weighted by atomic mass is 35.5. The van der Waals surface area contributed by atoms with Crippen LogP contribution in [0.1, 0.15) is 38.7 Å². The Kier molecular flexibility index (Phi) is 5.95. The second kappa shape index (κ2) is 7.39. The Morgan fingerprint density at radius 2 is 2.13 bits per heavy atom. The van der Waals surface area contributed by atoms with Crippen LogP contribution in [0.3, 0.4) is 0 Å². The van der Waals surface area contributed by atoms with Gasteiger partial charge in [0.25, 0.3) is 0 Å². The summed E-state index contributed by atoms with van der Waals surface area (Å²) in [4.78, 5) is 11.5. The Labute approximate surface area is 148 Å². The van der Waals surface area contributed by atoms with E-state index in [1.165, 1.54) is 5.56 Å². The van der Waals surface area contributed by atoms with Gasteiger partial charge < -0.3 is 16.4 Å². The molecule has 128 valence electrons. The molecule has 0 aromatic heterocycles. The van der Waals surface area contributed by atoms with E-state index in [9.17, 15) is 4.79 Å². The Bertz CT molecular complexity index is 569. The SMILES string of the molecule is CC(C)(NCC[C@]1(c2ccc(Cl)c(Cl)c2)CCCNC1)C(N)=O. The van der Waals surface area contributed by atoms with Crippen LogP contribution >= 0.6 is 23.2 Å². The number of carbonyl (C=O) groups is 1. The predicted octanol–water partition coefficient (Wildman–Crippen LogP) is 2.86. The molecule has 0 radical (unpaired) electrons. The number of nitrogens with one attached hydrogen (secondary N) is 2. The first kappa shape index (κ1) is 18.5. The van der Waals surface area contributed by atoms with Gasteiger partial charge >= 0.3 is 0 Å². The lowest BCUT2D eigenvalue weighted by molar-refractivity contribution is -0.123. The van der Waals surface area contributed by atoms with Gasteiger partial charge in [0.2, 0.25) is 5.91 Å². The lowest BCUT2D eigenvalue weighted by atomic mass is 9.72. The summed E-state index contributed by atoms with van der Waals surface area (Å²) >= 11 is 12.3. The van der Waals surface area contributed by atoms with Crippen molar-refractivity contribution in [1.82, 2.24) is 10.6 Å². The van der Waals surface area contributed by atoms with Crippen LogP contribution in [0, 0.1) is 0 Å². The molecule has 1 fully saturated rings. The fourth-order valence-corrected chi connectivity index (χ4v) is 3.40. The van der Waals surface area contributed by atoms with E-state index in [0.29, 0.717) is 16.6 Å². The van der Waals surface area contributed by atoms with Gasteiger partial charge in [0, 0.05) is 12.0 Å². The van der Waals surface area contributed by atoms with Gasteiger partial charge in [-0.3, -0.25) is 4.79 Å². The summed E-state index contributed by atoms with van der Waals surface area (Å²) in [7, 11) is 0. The van der Waals surface area contributed by atoms with E-state index in [1.54, 1.807) is 13.8 Å². The molecule has 1 aliphatic rings. The Hall–Kier alpha value is -0.810. The Morgan fingerprint density at radius 3 is 2.70 bits per heavy atom. The second-order valence-electron chi connectivity index (χ2n) is 6.86. The molecule has 1 atom stereocenters. The summed E-state index contributed by atoms with van der Waals surface area (Å²) in [5.74, 6) is -0.345. The maximum Gasteiger partial charge on any atom is 0.237 e. The molecule has 4 N–H and O–H groups in total. The lowest BCUT2D eigenvalue weighted by Gasteiger charge is -2.39. The predicted molar refractivity (Wildman–Crippen MR) is 96.1 cm³/mol. The number of carbonyl (C=O) groups excluding carboxylic acids is 1. The number of piperidine rings is 1. The van der Waals surface area contributed by atoms with Crippen LogP contribution in [0.15, 0.2) is 18.2 Å². The van der Waals surface area contributed by atoms with Crippen molar-refractivity contribution in [3.8, 4) is 0 Å². The third-order valence-corrected chi connectivity index (χ3v) is 5.53. The third-order valence-electron chi connectivity index (χ3n) is 4.79. The number of hydrogen-bond donors (Lipinski definition) is 3. The molecule has 1 aliphatic heterocycles. The van der Waals surface area contributed by atoms with E-state index in [4.69, 9.17) is 28.9 Å². The van der Waals surface area contributed by atoms with E-state index in [-0.39, 0.29) is 11.3 Å². The Balaban J connectivity index is 2.16. The van der Waals surface area contributed by atoms with Crippen LogP contribution in [0.5, 0.6) is 0 Å². The summed E-state index contributed by atoms with van der Waals surface area (Å²) < 4.78 is 0. The van der Waals surface area contributed by atoms with Gasteiger partial charge in [0.05, 0.1) is 15.6 Å². The maximum absolute atomic E-state index is 11.5. The fraction of sp³-hybridized carbons (Fsp3) is 0.588. The van der Waals surface area contributed by atoms with Crippen LogP contribution in [-0.4, -0.2) is 31.1 Å². The minimum absolute atomic E-state index is 0.00674. The molecule has 0 saturated carbocycles. The molecular formula is C17H25Cl2N3O. The van der Waals surface area contributed by atoms with E-state index >= 15 is 0 Å². The van der Waals surface area contributed by atoms with Crippen molar-refractivity contribution in [2.24, 2.45) is 5.73 Å². The summed E-state index contributed by atoms with van der Waals surface area (Å²) in [6.07, 6.45) is 3.09. The number of rotatable bonds is 6. The van der Waals surface area contributed by atoms with Gasteiger partial charge in [-0.2, -0.15) is 0 Å².